The molecule has 0 aliphatic heterocycles. The van der Waals surface area contributed by atoms with Crippen molar-refractivity contribution in [1.82, 2.24) is 5.48 Å². The van der Waals surface area contributed by atoms with Crippen LogP contribution < -0.4 is 15.0 Å². The highest BCUT2D eigenvalue weighted by molar-refractivity contribution is 5.74. The van der Waals surface area contributed by atoms with Gasteiger partial charge in [-0.2, -0.15) is 5.26 Å². The zero-order valence-electron chi connectivity index (χ0n) is 17.7. The first-order valence-electron chi connectivity index (χ1n) is 10.4. The highest BCUT2D eigenvalue weighted by Crippen LogP contribution is 2.38. The fourth-order valence-electron chi connectivity index (χ4n) is 3.55. The number of carbonyl (C=O) groups is 1. The largest absolute Gasteiger partial charge is 0.494 e. The third-order valence-electron chi connectivity index (χ3n) is 5.09. The average molecular weight is 411 g/mol. The molecule has 6 nitrogen and oxygen atoms in total. The number of nitrogens with zero attached hydrogens (tertiary/aromatic N) is 1. The number of nitrogens with one attached hydrogen (secondary N) is 1. The van der Waals surface area contributed by atoms with E-state index in [1.807, 2.05) is 62.4 Å². The van der Waals surface area contributed by atoms with Crippen molar-refractivity contribution in [2.24, 2.45) is 0 Å². The topological polar surface area (TPSA) is 91.6 Å². The van der Waals surface area contributed by atoms with Crippen LogP contribution in [0.5, 0.6) is 11.5 Å². The number of benzene rings is 2. The van der Waals surface area contributed by atoms with Gasteiger partial charge in [0.05, 0.1) is 19.3 Å². The molecule has 0 aromatic heterocycles. The Morgan fingerprint density at radius 2 is 1.43 bits per heavy atom. The maximum Gasteiger partial charge on any atom is 0.243 e. The van der Waals surface area contributed by atoms with Gasteiger partial charge >= 0.3 is 0 Å². The Labute approximate surface area is 178 Å². The Bertz CT molecular complexity index is 776. The van der Waals surface area contributed by atoms with Crippen LogP contribution in [0.25, 0.3) is 0 Å². The van der Waals surface area contributed by atoms with Gasteiger partial charge in [-0.15, -0.1) is 0 Å². The fourth-order valence-corrected chi connectivity index (χ4v) is 3.55. The maximum absolute atomic E-state index is 11.2. The van der Waals surface area contributed by atoms with Gasteiger partial charge in [-0.3, -0.25) is 10.0 Å². The van der Waals surface area contributed by atoms with Gasteiger partial charge in [0.25, 0.3) is 0 Å². The zero-order chi connectivity index (χ0) is 21.8. The number of hydrogen-bond donors (Lipinski definition) is 2. The molecule has 2 rings (SSSR count). The molecule has 2 aromatic rings. The van der Waals surface area contributed by atoms with Gasteiger partial charge in [-0.05, 0) is 62.1 Å². The van der Waals surface area contributed by atoms with E-state index in [2.05, 4.69) is 6.07 Å². The average Bonchev–Trinajstić information content (AvgIpc) is 2.78. The Morgan fingerprint density at radius 1 is 0.933 bits per heavy atom. The van der Waals surface area contributed by atoms with Crippen molar-refractivity contribution in [2.75, 3.05) is 13.2 Å². The minimum absolute atomic E-state index is 0.266. The SMILES string of the molecule is CCOc1ccc(C(C#N)(CCCCCC(=O)NO)c2ccc(OCC)cc2)cc1. The lowest BCUT2D eigenvalue weighted by Gasteiger charge is -2.28. The maximum atomic E-state index is 11.2. The molecule has 0 saturated heterocycles. The summed E-state index contributed by atoms with van der Waals surface area (Å²) in [7, 11) is 0. The van der Waals surface area contributed by atoms with Crippen LogP contribution in [0.1, 0.15) is 57.1 Å². The fraction of sp³-hybridized carbons (Fsp3) is 0.417. The number of carbonyl (C=O) groups excluding carboxylic acids is 1. The molecule has 160 valence electrons. The molecule has 0 fully saturated rings. The van der Waals surface area contributed by atoms with E-state index >= 15 is 0 Å². The first-order valence-corrected chi connectivity index (χ1v) is 10.4. The van der Waals surface area contributed by atoms with Crippen LogP contribution in [0.4, 0.5) is 0 Å². The van der Waals surface area contributed by atoms with Crippen molar-refractivity contribution in [1.29, 1.82) is 5.26 Å². The summed E-state index contributed by atoms with van der Waals surface area (Å²) in [6.07, 6.45) is 3.09. The third kappa shape index (κ3) is 5.98. The van der Waals surface area contributed by atoms with Gasteiger partial charge in [-0.1, -0.05) is 37.1 Å². The number of amides is 1. The van der Waals surface area contributed by atoms with Crippen LogP contribution in [-0.2, 0) is 10.2 Å². The molecule has 0 unspecified atom stereocenters. The third-order valence-corrected chi connectivity index (χ3v) is 5.09. The molecule has 0 atom stereocenters. The molecule has 0 heterocycles. The molecule has 1 amide bonds. The summed E-state index contributed by atoms with van der Waals surface area (Å²) in [5.41, 5.74) is 2.66. The van der Waals surface area contributed by atoms with Crippen LogP contribution in [0.15, 0.2) is 48.5 Å². The van der Waals surface area contributed by atoms with E-state index in [1.54, 1.807) is 5.48 Å². The molecule has 0 saturated carbocycles. The summed E-state index contributed by atoms with van der Waals surface area (Å²) in [6, 6.07) is 17.9. The molecule has 30 heavy (non-hydrogen) atoms. The van der Waals surface area contributed by atoms with Gasteiger partial charge in [-0.25, -0.2) is 5.48 Å². The van der Waals surface area contributed by atoms with Crippen LogP contribution in [-0.4, -0.2) is 24.3 Å². The molecule has 0 aliphatic rings. The lowest BCUT2D eigenvalue weighted by atomic mass is 9.72. The van der Waals surface area contributed by atoms with Gasteiger partial charge in [0.15, 0.2) is 0 Å². The van der Waals surface area contributed by atoms with E-state index in [0.29, 0.717) is 26.1 Å². The van der Waals surface area contributed by atoms with Gasteiger partial charge < -0.3 is 9.47 Å². The van der Waals surface area contributed by atoms with Crippen molar-refractivity contribution in [3.63, 3.8) is 0 Å². The molecule has 6 heteroatoms. The van der Waals surface area contributed by atoms with E-state index in [9.17, 15) is 10.1 Å². The van der Waals surface area contributed by atoms with Crippen molar-refractivity contribution >= 4 is 5.91 Å². The Balaban J connectivity index is 2.27. The van der Waals surface area contributed by atoms with Gasteiger partial charge in [0, 0.05) is 6.42 Å². The smallest absolute Gasteiger partial charge is 0.243 e. The van der Waals surface area contributed by atoms with E-state index in [-0.39, 0.29) is 12.3 Å². The first-order chi connectivity index (χ1) is 14.6. The summed E-state index contributed by atoms with van der Waals surface area (Å²) in [6.45, 7) is 5.04. The van der Waals surface area contributed by atoms with Gasteiger partial charge in [0.2, 0.25) is 5.91 Å². The predicted octanol–water partition coefficient (Wildman–Crippen LogP) is 4.75. The highest BCUT2D eigenvalue weighted by atomic mass is 16.5. The van der Waals surface area contributed by atoms with Crippen LogP contribution in [0.2, 0.25) is 0 Å². The normalized spacial score (nSPS) is 10.9. The summed E-state index contributed by atoms with van der Waals surface area (Å²) in [5.74, 6) is 1.16. The zero-order valence-corrected chi connectivity index (χ0v) is 17.7. The quantitative estimate of drug-likeness (QED) is 0.299. The van der Waals surface area contributed by atoms with Crippen LogP contribution in [0, 0.1) is 11.3 Å². The number of ether oxygens (including phenoxy) is 2. The van der Waals surface area contributed by atoms with Crippen molar-refractivity contribution in [3.8, 4) is 17.6 Å². The van der Waals surface area contributed by atoms with Crippen molar-refractivity contribution < 1.29 is 19.5 Å². The molecule has 0 spiro atoms. The molecular weight excluding hydrogens is 380 g/mol. The van der Waals surface area contributed by atoms with Crippen LogP contribution >= 0.6 is 0 Å². The molecular formula is C24H30N2O4. The second-order valence-corrected chi connectivity index (χ2v) is 7.03. The highest BCUT2D eigenvalue weighted by Gasteiger charge is 2.34. The molecule has 2 aromatic carbocycles. The first kappa shape index (κ1) is 23.2. The number of nitriles is 1. The lowest BCUT2D eigenvalue weighted by molar-refractivity contribution is -0.129. The summed E-state index contributed by atoms with van der Waals surface area (Å²) in [4.78, 5) is 11.2. The number of unbranched alkanes of at least 4 members (excludes halogenated alkanes) is 2. The van der Waals surface area contributed by atoms with E-state index in [4.69, 9.17) is 14.7 Å². The minimum atomic E-state index is -0.811. The van der Waals surface area contributed by atoms with E-state index < -0.39 is 5.41 Å². The monoisotopic (exact) mass is 410 g/mol. The van der Waals surface area contributed by atoms with Crippen molar-refractivity contribution in [3.05, 3.63) is 59.7 Å². The molecule has 0 aliphatic carbocycles. The molecule has 0 radical (unpaired) electrons. The van der Waals surface area contributed by atoms with Gasteiger partial charge in [0.1, 0.15) is 16.9 Å². The number of hydrogen-bond acceptors (Lipinski definition) is 5. The molecule has 0 bridgehead atoms. The predicted molar refractivity (Wildman–Crippen MR) is 115 cm³/mol. The summed E-state index contributed by atoms with van der Waals surface area (Å²) in [5, 5.41) is 18.9. The van der Waals surface area contributed by atoms with E-state index in [1.165, 1.54) is 0 Å². The molecule has 2 N–H and O–H groups in total. The van der Waals surface area contributed by atoms with Crippen molar-refractivity contribution in [2.45, 2.75) is 51.4 Å². The number of hydroxylamine groups is 1. The summed E-state index contributed by atoms with van der Waals surface area (Å²) < 4.78 is 11.1. The lowest BCUT2D eigenvalue weighted by Crippen LogP contribution is -2.26. The minimum Gasteiger partial charge on any atom is -0.494 e. The Kier molecular flexibility index (Phi) is 9.17. The second kappa shape index (κ2) is 11.8. The number of rotatable bonds is 12. The summed E-state index contributed by atoms with van der Waals surface area (Å²) >= 11 is 0. The Hall–Kier alpha value is -3.04. The standard InChI is InChI=1S/C24H30N2O4/c1-3-29-21-13-9-19(10-14-21)24(18-25,17-7-5-6-8-23(27)26-28)20-11-15-22(16-12-20)30-4-2/h9-16,28H,3-8,17H2,1-2H3,(H,26,27). The van der Waals surface area contributed by atoms with Crippen LogP contribution in [0.3, 0.4) is 0 Å². The Morgan fingerprint density at radius 3 is 1.83 bits per heavy atom. The second-order valence-electron chi connectivity index (χ2n) is 7.03. The van der Waals surface area contributed by atoms with E-state index in [0.717, 1.165) is 35.5 Å².